The van der Waals surface area contributed by atoms with E-state index in [2.05, 4.69) is 11.4 Å². The zero-order chi connectivity index (χ0) is 12.3. The Balaban J connectivity index is 1.98. The van der Waals surface area contributed by atoms with Crippen LogP contribution in [0, 0.1) is 11.3 Å². The van der Waals surface area contributed by atoms with Crippen molar-refractivity contribution in [3.05, 3.63) is 35.4 Å². The van der Waals surface area contributed by atoms with Crippen molar-refractivity contribution in [2.45, 2.75) is 38.1 Å². The van der Waals surface area contributed by atoms with Gasteiger partial charge in [0, 0.05) is 0 Å². The lowest BCUT2D eigenvalue weighted by Crippen LogP contribution is -2.40. The second kappa shape index (κ2) is 5.01. The summed E-state index contributed by atoms with van der Waals surface area (Å²) in [6.45, 7) is 2.01. The molecule has 1 aromatic rings. The van der Waals surface area contributed by atoms with Gasteiger partial charge < -0.3 is 5.32 Å². The van der Waals surface area contributed by atoms with Crippen LogP contribution in [0.15, 0.2) is 24.3 Å². The lowest BCUT2D eigenvalue weighted by atomic mass is 9.77. The molecule has 1 aliphatic rings. The van der Waals surface area contributed by atoms with Crippen molar-refractivity contribution in [1.29, 1.82) is 5.26 Å². The van der Waals surface area contributed by atoms with E-state index in [1.54, 1.807) is 0 Å². The summed E-state index contributed by atoms with van der Waals surface area (Å²) in [7, 11) is 0. The first kappa shape index (κ1) is 11.7. The van der Waals surface area contributed by atoms with Crippen molar-refractivity contribution in [3.63, 3.8) is 0 Å². The minimum atomic E-state index is -0.347. The standard InChI is InChI=1S/C14H16N2O/c1-2-5-11(9-15)16-14(17)13-8-10-6-3-4-7-12(10)13/h3-4,6-7,11,13H,2,5,8H2,1H3,(H,16,17). The maximum absolute atomic E-state index is 12.0. The molecule has 0 fully saturated rings. The fraction of sp³-hybridized carbons (Fsp3) is 0.429. The van der Waals surface area contributed by atoms with Gasteiger partial charge in [0.2, 0.25) is 5.91 Å². The molecule has 2 unspecified atom stereocenters. The van der Waals surface area contributed by atoms with Crippen LogP contribution in [0.2, 0.25) is 0 Å². The number of fused-ring (bicyclic) bond motifs is 1. The van der Waals surface area contributed by atoms with Crippen molar-refractivity contribution in [3.8, 4) is 6.07 Å². The monoisotopic (exact) mass is 228 g/mol. The van der Waals surface area contributed by atoms with Crippen LogP contribution in [0.4, 0.5) is 0 Å². The summed E-state index contributed by atoms with van der Waals surface area (Å²) in [5, 5.41) is 11.7. The molecule has 88 valence electrons. The molecule has 0 saturated heterocycles. The number of rotatable bonds is 4. The summed E-state index contributed by atoms with van der Waals surface area (Å²) in [5.74, 6) is -0.0670. The quantitative estimate of drug-likeness (QED) is 0.858. The zero-order valence-electron chi connectivity index (χ0n) is 9.94. The van der Waals surface area contributed by atoms with Crippen molar-refractivity contribution in [1.82, 2.24) is 5.32 Å². The van der Waals surface area contributed by atoms with E-state index >= 15 is 0 Å². The first-order valence-electron chi connectivity index (χ1n) is 6.04. The molecule has 0 aromatic heterocycles. The zero-order valence-corrected chi connectivity index (χ0v) is 9.94. The highest BCUT2D eigenvalue weighted by atomic mass is 16.2. The van der Waals surface area contributed by atoms with E-state index in [1.165, 1.54) is 5.56 Å². The van der Waals surface area contributed by atoms with E-state index in [1.807, 2.05) is 31.2 Å². The molecule has 0 radical (unpaired) electrons. The molecule has 1 amide bonds. The van der Waals surface area contributed by atoms with Gasteiger partial charge in [-0.15, -0.1) is 0 Å². The molecule has 3 nitrogen and oxygen atoms in total. The minimum Gasteiger partial charge on any atom is -0.340 e. The van der Waals surface area contributed by atoms with Gasteiger partial charge >= 0.3 is 0 Å². The van der Waals surface area contributed by atoms with E-state index < -0.39 is 0 Å². The summed E-state index contributed by atoms with van der Waals surface area (Å²) in [4.78, 5) is 12.0. The lowest BCUT2D eigenvalue weighted by molar-refractivity contribution is -0.123. The number of nitrogens with one attached hydrogen (secondary N) is 1. The van der Waals surface area contributed by atoms with Gasteiger partial charge in [0.1, 0.15) is 6.04 Å². The molecular formula is C14H16N2O. The fourth-order valence-electron chi connectivity index (χ4n) is 2.22. The normalized spacial score (nSPS) is 18.5. The van der Waals surface area contributed by atoms with Gasteiger partial charge in [-0.3, -0.25) is 4.79 Å². The Morgan fingerprint density at radius 1 is 1.59 bits per heavy atom. The number of benzene rings is 1. The topological polar surface area (TPSA) is 52.9 Å². The molecular weight excluding hydrogens is 212 g/mol. The molecule has 2 rings (SSSR count). The van der Waals surface area contributed by atoms with E-state index in [-0.39, 0.29) is 17.9 Å². The van der Waals surface area contributed by atoms with E-state index in [4.69, 9.17) is 5.26 Å². The van der Waals surface area contributed by atoms with Gasteiger partial charge in [-0.1, -0.05) is 37.6 Å². The summed E-state index contributed by atoms with van der Waals surface area (Å²) in [6.07, 6.45) is 2.42. The maximum atomic E-state index is 12.0. The van der Waals surface area contributed by atoms with Crippen LogP contribution < -0.4 is 5.32 Å². The molecule has 0 heterocycles. The maximum Gasteiger partial charge on any atom is 0.228 e. The first-order valence-corrected chi connectivity index (χ1v) is 6.04. The number of carbonyl (C=O) groups excluding carboxylic acids is 1. The number of nitrogens with zero attached hydrogens (tertiary/aromatic N) is 1. The van der Waals surface area contributed by atoms with E-state index in [0.717, 1.165) is 24.8 Å². The third-order valence-electron chi connectivity index (χ3n) is 3.22. The summed E-state index contributed by atoms with van der Waals surface area (Å²) in [6, 6.07) is 9.76. The largest absolute Gasteiger partial charge is 0.340 e. The molecule has 1 aromatic carbocycles. The number of amides is 1. The van der Waals surface area contributed by atoms with Gasteiger partial charge in [-0.25, -0.2) is 0 Å². The predicted molar refractivity (Wildman–Crippen MR) is 65.3 cm³/mol. The minimum absolute atomic E-state index is 0.0105. The molecule has 2 atom stereocenters. The van der Waals surface area contributed by atoms with Gasteiger partial charge in [-0.05, 0) is 24.0 Å². The van der Waals surface area contributed by atoms with Crippen LogP contribution in [0.3, 0.4) is 0 Å². The molecule has 0 spiro atoms. The molecule has 0 aliphatic heterocycles. The summed E-state index contributed by atoms with van der Waals surface area (Å²) in [5.41, 5.74) is 2.36. The van der Waals surface area contributed by atoms with E-state index in [9.17, 15) is 4.79 Å². The number of hydrogen-bond acceptors (Lipinski definition) is 2. The van der Waals surface area contributed by atoms with Crippen LogP contribution >= 0.6 is 0 Å². The van der Waals surface area contributed by atoms with Crippen LogP contribution in [0.1, 0.15) is 36.8 Å². The van der Waals surface area contributed by atoms with Gasteiger partial charge in [0.25, 0.3) is 0 Å². The first-order chi connectivity index (χ1) is 8.26. The van der Waals surface area contributed by atoms with Crippen molar-refractivity contribution in [2.24, 2.45) is 0 Å². The predicted octanol–water partition coefficient (Wildman–Crippen LogP) is 2.13. The highest BCUT2D eigenvalue weighted by Gasteiger charge is 2.32. The molecule has 0 bridgehead atoms. The Kier molecular flexibility index (Phi) is 3.43. The smallest absolute Gasteiger partial charge is 0.228 e. The van der Waals surface area contributed by atoms with Crippen LogP contribution in [-0.2, 0) is 11.2 Å². The van der Waals surface area contributed by atoms with Crippen molar-refractivity contribution < 1.29 is 4.79 Å². The lowest BCUT2D eigenvalue weighted by Gasteiger charge is -2.29. The van der Waals surface area contributed by atoms with E-state index in [0.29, 0.717) is 0 Å². The molecule has 0 saturated carbocycles. The summed E-state index contributed by atoms with van der Waals surface area (Å²) >= 11 is 0. The van der Waals surface area contributed by atoms with Gasteiger partial charge in [0.05, 0.1) is 12.0 Å². The second-order valence-corrected chi connectivity index (χ2v) is 4.43. The third-order valence-corrected chi connectivity index (χ3v) is 3.22. The number of hydrogen-bond donors (Lipinski definition) is 1. The fourth-order valence-corrected chi connectivity index (χ4v) is 2.22. The van der Waals surface area contributed by atoms with Gasteiger partial charge in [0.15, 0.2) is 0 Å². The summed E-state index contributed by atoms with van der Waals surface area (Å²) < 4.78 is 0. The average molecular weight is 228 g/mol. The Hall–Kier alpha value is -1.82. The highest BCUT2D eigenvalue weighted by molar-refractivity contribution is 5.87. The second-order valence-electron chi connectivity index (χ2n) is 4.43. The molecule has 1 N–H and O–H groups in total. The number of carbonyl (C=O) groups is 1. The SMILES string of the molecule is CCCC(C#N)NC(=O)C1Cc2ccccc21. The highest BCUT2D eigenvalue weighted by Crippen LogP contribution is 2.34. The average Bonchev–Trinajstić information content (AvgIpc) is 2.30. The molecule has 17 heavy (non-hydrogen) atoms. The molecule has 1 aliphatic carbocycles. The Morgan fingerprint density at radius 3 is 3.00 bits per heavy atom. The van der Waals surface area contributed by atoms with Crippen molar-refractivity contribution in [2.75, 3.05) is 0 Å². The van der Waals surface area contributed by atoms with Gasteiger partial charge in [-0.2, -0.15) is 5.26 Å². The molecule has 3 heteroatoms. The van der Waals surface area contributed by atoms with Crippen LogP contribution in [-0.4, -0.2) is 11.9 Å². The Morgan fingerprint density at radius 2 is 2.35 bits per heavy atom. The van der Waals surface area contributed by atoms with Crippen LogP contribution in [0.25, 0.3) is 0 Å². The Labute approximate surface area is 101 Å². The number of nitriles is 1. The third kappa shape index (κ3) is 2.31. The van der Waals surface area contributed by atoms with Crippen molar-refractivity contribution >= 4 is 5.91 Å². The Bertz CT molecular complexity index is 462. The van der Waals surface area contributed by atoms with Crippen LogP contribution in [0.5, 0.6) is 0 Å².